The van der Waals surface area contributed by atoms with Crippen molar-refractivity contribution in [3.8, 4) is 0 Å². The number of aromatic nitrogens is 3. The number of carbonyl (C=O) groups excluding carboxylic acids is 1. The SMILES string of the molecule is Cc1cc(N2CCCC(CNC(=O)C3CCCN3)C2)c2cnn(C)c2n1. The van der Waals surface area contributed by atoms with E-state index in [1.807, 2.05) is 24.9 Å². The number of rotatable bonds is 4. The molecule has 2 aromatic heterocycles. The lowest BCUT2D eigenvalue weighted by molar-refractivity contribution is -0.122. The maximum absolute atomic E-state index is 12.3. The third-order valence-electron chi connectivity index (χ3n) is 5.61. The number of hydrogen-bond donors (Lipinski definition) is 2. The molecule has 2 saturated heterocycles. The third-order valence-corrected chi connectivity index (χ3v) is 5.61. The minimum Gasteiger partial charge on any atom is -0.370 e. The normalized spacial score (nSPS) is 23.5. The molecular weight excluding hydrogens is 328 g/mol. The molecule has 4 rings (SSSR count). The molecule has 2 unspecified atom stereocenters. The van der Waals surface area contributed by atoms with Crippen molar-refractivity contribution in [1.82, 2.24) is 25.4 Å². The zero-order chi connectivity index (χ0) is 18.1. The largest absolute Gasteiger partial charge is 0.370 e. The average molecular weight is 356 g/mol. The fourth-order valence-corrected chi connectivity index (χ4v) is 4.21. The zero-order valence-electron chi connectivity index (χ0n) is 15.7. The molecule has 2 aliphatic heterocycles. The molecule has 2 aromatic rings. The first-order valence-corrected chi connectivity index (χ1v) is 9.67. The molecule has 140 valence electrons. The summed E-state index contributed by atoms with van der Waals surface area (Å²) in [4.78, 5) is 19.3. The maximum Gasteiger partial charge on any atom is 0.237 e. The lowest BCUT2D eigenvalue weighted by Crippen LogP contribution is -2.45. The number of pyridine rings is 1. The second-order valence-corrected chi connectivity index (χ2v) is 7.64. The van der Waals surface area contributed by atoms with Crippen LogP contribution in [-0.4, -0.2) is 52.9 Å². The molecule has 26 heavy (non-hydrogen) atoms. The number of amides is 1. The number of anilines is 1. The van der Waals surface area contributed by atoms with Crippen LogP contribution in [0.5, 0.6) is 0 Å². The first-order valence-electron chi connectivity index (χ1n) is 9.67. The monoisotopic (exact) mass is 356 g/mol. The van der Waals surface area contributed by atoms with Gasteiger partial charge in [-0.05, 0) is 51.1 Å². The van der Waals surface area contributed by atoms with Gasteiger partial charge in [0.1, 0.15) is 0 Å². The molecule has 7 nitrogen and oxygen atoms in total. The van der Waals surface area contributed by atoms with Crippen LogP contribution in [0.15, 0.2) is 12.3 Å². The van der Waals surface area contributed by atoms with Gasteiger partial charge < -0.3 is 15.5 Å². The van der Waals surface area contributed by atoms with E-state index in [0.717, 1.165) is 68.6 Å². The van der Waals surface area contributed by atoms with Crippen LogP contribution >= 0.6 is 0 Å². The van der Waals surface area contributed by atoms with Crippen LogP contribution in [0.2, 0.25) is 0 Å². The predicted octanol–water partition coefficient (Wildman–Crippen LogP) is 1.36. The Kier molecular flexibility index (Phi) is 4.80. The minimum atomic E-state index is 0.00700. The Hall–Kier alpha value is -2.15. The second kappa shape index (κ2) is 7.23. The standard InChI is InChI=1S/C19H28N6O/c1-13-9-17(15-11-22-24(2)18(15)23-13)25-8-4-5-14(12-25)10-21-19(26)16-6-3-7-20-16/h9,11,14,16,20H,3-8,10,12H2,1-2H3,(H,21,26). The highest BCUT2D eigenvalue weighted by atomic mass is 16.2. The lowest BCUT2D eigenvalue weighted by Gasteiger charge is -2.35. The van der Waals surface area contributed by atoms with E-state index < -0.39 is 0 Å². The summed E-state index contributed by atoms with van der Waals surface area (Å²) >= 11 is 0. The summed E-state index contributed by atoms with van der Waals surface area (Å²) in [5.74, 6) is 0.642. The van der Waals surface area contributed by atoms with Crippen molar-refractivity contribution in [3.63, 3.8) is 0 Å². The summed E-state index contributed by atoms with van der Waals surface area (Å²) in [7, 11) is 1.93. The lowest BCUT2D eigenvalue weighted by atomic mass is 9.97. The molecule has 7 heteroatoms. The highest BCUT2D eigenvalue weighted by molar-refractivity contribution is 5.89. The summed E-state index contributed by atoms with van der Waals surface area (Å²) in [6, 6.07) is 2.17. The van der Waals surface area contributed by atoms with Gasteiger partial charge in [0.15, 0.2) is 5.65 Å². The molecule has 0 radical (unpaired) electrons. The Morgan fingerprint density at radius 1 is 1.38 bits per heavy atom. The van der Waals surface area contributed by atoms with Gasteiger partial charge in [-0.15, -0.1) is 0 Å². The van der Waals surface area contributed by atoms with Gasteiger partial charge in [-0.25, -0.2) is 4.98 Å². The van der Waals surface area contributed by atoms with Crippen LogP contribution in [0.1, 0.15) is 31.4 Å². The van der Waals surface area contributed by atoms with E-state index in [9.17, 15) is 4.79 Å². The number of piperidine rings is 1. The second-order valence-electron chi connectivity index (χ2n) is 7.64. The summed E-state index contributed by atoms with van der Waals surface area (Å²) in [5, 5.41) is 11.9. The first kappa shape index (κ1) is 17.3. The van der Waals surface area contributed by atoms with E-state index in [1.54, 1.807) is 0 Å². The average Bonchev–Trinajstić information content (AvgIpc) is 3.30. The molecular formula is C19H28N6O. The number of nitrogens with zero attached hydrogens (tertiary/aromatic N) is 4. The molecule has 1 amide bonds. The molecule has 4 heterocycles. The topological polar surface area (TPSA) is 75.1 Å². The Labute approximate surface area is 154 Å². The van der Waals surface area contributed by atoms with Gasteiger partial charge in [0.2, 0.25) is 5.91 Å². The number of aryl methyl sites for hydroxylation is 2. The Bertz CT molecular complexity index is 795. The predicted molar refractivity (Wildman–Crippen MR) is 102 cm³/mol. The number of fused-ring (bicyclic) bond motifs is 1. The van der Waals surface area contributed by atoms with Crippen molar-refractivity contribution in [3.05, 3.63) is 18.0 Å². The number of carbonyl (C=O) groups is 1. The van der Waals surface area contributed by atoms with Gasteiger partial charge in [0.05, 0.1) is 23.3 Å². The van der Waals surface area contributed by atoms with Crippen molar-refractivity contribution in [2.75, 3.05) is 31.1 Å². The molecule has 0 aromatic carbocycles. The molecule has 2 aliphatic rings. The maximum atomic E-state index is 12.3. The first-order chi connectivity index (χ1) is 12.6. The Morgan fingerprint density at radius 2 is 2.27 bits per heavy atom. The molecule has 0 spiro atoms. The van der Waals surface area contributed by atoms with Crippen molar-refractivity contribution >= 4 is 22.6 Å². The van der Waals surface area contributed by atoms with E-state index in [-0.39, 0.29) is 11.9 Å². The number of nitrogens with one attached hydrogen (secondary N) is 2. The molecule has 0 saturated carbocycles. The highest BCUT2D eigenvalue weighted by Crippen LogP contribution is 2.30. The quantitative estimate of drug-likeness (QED) is 0.865. The third kappa shape index (κ3) is 3.40. The minimum absolute atomic E-state index is 0.00700. The van der Waals surface area contributed by atoms with Gasteiger partial charge in [0.25, 0.3) is 0 Å². The summed E-state index contributed by atoms with van der Waals surface area (Å²) in [6.07, 6.45) is 6.27. The molecule has 0 aliphatic carbocycles. The van der Waals surface area contributed by atoms with Crippen LogP contribution < -0.4 is 15.5 Å². The van der Waals surface area contributed by atoms with Gasteiger partial charge in [-0.1, -0.05) is 0 Å². The molecule has 0 bridgehead atoms. The zero-order valence-corrected chi connectivity index (χ0v) is 15.7. The highest BCUT2D eigenvalue weighted by Gasteiger charge is 2.25. The van der Waals surface area contributed by atoms with Gasteiger partial charge in [-0.3, -0.25) is 9.48 Å². The van der Waals surface area contributed by atoms with Crippen LogP contribution in [0.3, 0.4) is 0 Å². The van der Waals surface area contributed by atoms with Crippen molar-refractivity contribution < 1.29 is 4.79 Å². The van der Waals surface area contributed by atoms with Gasteiger partial charge in [-0.2, -0.15) is 5.10 Å². The van der Waals surface area contributed by atoms with Gasteiger partial charge in [0, 0.05) is 32.4 Å². The van der Waals surface area contributed by atoms with Crippen LogP contribution in [-0.2, 0) is 11.8 Å². The Morgan fingerprint density at radius 3 is 3.08 bits per heavy atom. The Balaban J connectivity index is 1.44. The van der Waals surface area contributed by atoms with E-state index in [1.165, 1.54) is 5.69 Å². The van der Waals surface area contributed by atoms with Crippen molar-refractivity contribution in [2.45, 2.75) is 38.6 Å². The van der Waals surface area contributed by atoms with E-state index in [0.29, 0.717) is 5.92 Å². The summed E-state index contributed by atoms with van der Waals surface area (Å²) in [5.41, 5.74) is 3.16. The summed E-state index contributed by atoms with van der Waals surface area (Å²) in [6.45, 7) is 5.76. The van der Waals surface area contributed by atoms with Crippen LogP contribution in [0.4, 0.5) is 5.69 Å². The fraction of sp³-hybridized carbons (Fsp3) is 0.632. The fourth-order valence-electron chi connectivity index (χ4n) is 4.21. The molecule has 2 fully saturated rings. The van der Waals surface area contributed by atoms with E-state index in [4.69, 9.17) is 0 Å². The molecule has 2 atom stereocenters. The smallest absolute Gasteiger partial charge is 0.237 e. The molecule has 2 N–H and O–H groups in total. The van der Waals surface area contributed by atoms with Crippen molar-refractivity contribution in [2.24, 2.45) is 13.0 Å². The van der Waals surface area contributed by atoms with E-state index in [2.05, 4.69) is 31.7 Å². The van der Waals surface area contributed by atoms with Crippen LogP contribution in [0.25, 0.3) is 11.0 Å². The summed E-state index contributed by atoms with van der Waals surface area (Å²) < 4.78 is 1.84. The van der Waals surface area contributed by atoms with Gasteiger partial charge >= 0.3 is 0 Å². The van der Waals surface area contributed by atoms with E-state index >= 15 is 0 Å². The van der Waals surface area contributed by atoms with Crippen molar-refractivity contribution in [1.29, 1.82) is 0 Å². The van der Waals surface area contributed by atoms with Crippen LogP contribution in [0, 0.1) is 12.8 Å². The number of hydrogen-bond acceptors (Lipinski definition) is 5.